The monoisotopic (exact) mass is 550 g/mol. The fraction of sp³-hybridized carbons (Fsp3) is 0.593. The van der Waals surface area contributed by atoms with E-state index in [4.69, 9.17) is 10.5 Å². The zero-order valence-electron chi connectivity index (χ0n) is 22.2. The summed E-state index contributed by atoms with van der Waals surface area (Å²) in [6.07, 6.45) is 0.373. The Labute approximate surface area is 224 Å². The highest BCUT2D eigenvalue weighted by molar-refractivity contribution is 6.07. The number of nitrogens with one attached hydrogen (secondary N) is 1. The van der Waals surface area contributed by atoms with Crippen LogP contribution < -0.4 is 11.1 Å². The van der Waals surface area contributed by atoms with Crippen LogP contribution in [0.5, 0.6) is 0 Å². The van der Waals surface area contributed by atoms with E-state index >= 15 is 0 Å². The second-order valence-electron chi connectivity index (χ2n) is 11.6. The van der Waals surface area contributed by atoms with Crippen molar-refractivity contribution in [3.05, 3.63) is 40.8 Å². The number of alkyl carbamates (subject to hydrolysis) is 1. The average molecular weight is 551 g/mol. The molecule has 0 bridgehead atoms. The molecule has 3 fully saturated rings. The van der Waals surface area contributed by atoms with Gasteiger partial charge in [-0.1, -0.05) is 0 Å². The molecule has 2 aliphatic heterocycles. The molecule has 3 atom stereocenters. The van der Waals surface area contributed by atoms with Crippen molar-refractivity contribution < 1.29 is 37.1 Å². The summed E-state index contributed by atoms with van der Waals surface area (Å²) < 4.78 is 47.1. The number of carbonyl (C=O) groups is 3. The van der Waals surface area contributed by atoms with E-state index in [1.165, 1.54) is 0 Å². The van der Waals surface area contributed by atoms with Gasteiger partial charge in [-0.05, 0) is 58.1 Å². The fourth-order valence-electron chi connectivity index (χ4n) is 5.54. The third-order valence-electron chi connectivity index (χ3n) is 7.65. The van der Waals surface area contributed by atoms with E-state index in [2.05, 4.69) is 5.32 Å². The summed E-state index contributed by atoms with van der Waals surface area (Å²) in [4.78, 5) is 53.0. The normalized spacial score (nSPS) is 22.1. The minimum Gasteiger partial charge on any atom is -0.444 e. The van der Waals surface area contributed by atoms with Crippen molar-refractivity contribution in [2.45, 2.75) is 70.6 Å². The van der Waals surface area contributed by atoms with Crippen molar-refractivity contribution >= 4 is 23.8 Å². The molecule has 39 heavy (non-hydrogen) atoms. The predicted molar refractivity (Wildman–Crippen MR) is 133 cm³/mol. The van der Waals surface area contributed by atoms with Gasteiger partial charge in [0.1, 0.15) is 28.5 Å². The molecule has 0 aromatic heterocycles. The first-order chi connectivity index (χ1) is 18.2. The molecule has 12 heteroatoms. The summed E-state index contributed by atoms with van der Waals surface area (Å²) in [6, 6.07) is 0.0200. The van der Waals surface area contributed by atoms with E-state index in [9.17, 15) is 32.3 Å². The van der Waals surface area contributed by atoms with Gasteiger partial charge in [-0.25, -0.2) is 22.8 Å². The summed E-state index contributed by atoms with van der Waals surface area (Å²) in [7, 11) is 0. The van der Waals surface area contributed by atoms with Crippen LogP contribution in [0.25, 0.3) is 0 Å². The van der Waals surface area contributed by atoms with Crippen LogP contribution >= 0.6 is 0 Å². The maximum absolute atomic E-state index is 14.5. The Kier molecular flexibility index (Phi) is 7.71. The number of likely N-dealkylation sites (tertiary alicyclic amines) is 2. The summed E-state index contributed by atoms with van der Waals surface area (Å²) in [5.74, 6) is -2.50. The van der Waals surface area contributed by atoms with Crippen LogP contribution in [0.1, 0.15) is 52.0 Å². The van der Waals surface area contributed by atoms with Gasteiger partial charge in [0.2, 0.25) is 11.8 Å². The van der Waals surface area contributed by atoms with E-state index in [0.29, 0.717) is 45.0 Å². The van der Waals surface area contributed by atoms with Crippen LogP contribution in [-0.4, -0.2) is 71.0 Å². The Hall–Kier alpha value is -3.53. The van der Waals surface area contributed by atoms with Crippen molar-refractivity contribution in [1.82, 2.24) is 15.1 Å². The quantitative estimate of drug-likeness (QED) is 0.291. The van der Waals surface area contributed by atoms with Gasteiger partial charge in [-0.3, -0.25) is 9.59 Å². The minimum absolute atomic E-state index is 0.0573. The first kappa shape index (κ1) is 28.5. The number of hydrogen-bond acceptors (Lipinski definition) is 6. The minimum atomic E-state index is -1.34. The van der Waals surface area contributed by atoms with Crippen molar-refractivity contribution in [3.8, 4) is 0 Å². The molecule has 0 radical (unpaired) electrons. The molecule has 2 saturated heterocycles. The number of benzene rings is 1. The second kappa shape index (κ2) is 10.6. The first-order valence-corrected chi connectivity index (χ1v) is 13.0. The molecule has 3 N–H and O–H groups in total. The highest BCUT2D eigenvalue weighted by Gasteiger charge is 2.59. The molecule has 2 heterocycles. The standard InChI is InChI=1S/C27H33F3N4O5/c1-26(2,3)39-25(38)32-17(8-16-9-20(29)21(30)11-19(16)28)10-18(14-35)34-7-4-15-12-33(13-22(15)34)24(37)27(5-6-27)23(31)36/h9,11,15,17,22H,4-8,10,12-13H2,1-3H3,(H2,31,36)(H,32,38)/t15-,17+,22+/m0/s1. The molecule has 0 spiro atoms. The van der Waals surface area contributed by atoms with Crippen LogP contribution in [0, 0.1) is 28.8 Å². The van der Waals surface area contributed by atoms with E-state index in [1.54, 1.807) is 25.7 Å². The molecular weight excluding hydrogens is 517 g/mol. The first-order valence-electron chi connectivity index (χ1n) is 13.0. The van der Waals surface area contributed by atoms with Crippen molar-refractivity contribution in [3.63, 3.8) is 0 Å². The molecule has 212 valence electrons. The van der Waals surface area contributed by atoms with Crippen LogP contribution in [0.15, 0.2) is 17.8 Å². The Balaban J connectivity index is 1.51. The van der Waals surface area contributed by atoms with Crippen molar-refractivity contribution in [2.75, 3.05) is 19.6 Å². The molecule has 1 aromatic carbocycles. The van der Waals surface area contributed by atoms with Crippen LogP contribution in [0.4, 0.5) is 18.0 Å². The van der Waals surface area contributed by atoms with Gasteiger partial charge in [0.15, 0.2) is 11.6 Å². The Morgan fingerprint density at radius 1 is 1.15 bits per heavy atom. The molecule has 1 saturated carbocycles. The maximum atomic E-state index is 14.5. The lowest BCUT2D eigenvalue weighted by molar-refractivity contribution is -0.142. The smallest absolute Gasteiger partial charge is 0.407 e. The van der Waals surface area contributed by atoms with E-state index in [0.717, 1.165) is 6.07 Å². The van der Waals surface area contributed by atoms with E-state index in [-0.39, 0.29) is 42.0 Å². The van der Waals surface area contributed by atoms with Crippen molar-refractivity contribution in [1.29, 1.82) is 0 Å². The van der Waals surface area contributed by atoms with Crippen LogP contribution in [0.3, 0.4) is 0 Å². The zero-order valence-corrected chi connectivity index (χ0v) is 22.2. The summed E-state index contributed by atoms with van der Waals surface area (Å²) in [5.41, 5.74) is 3.51. The lowest BCUT2D eigenvalue weighted by Crippen LogP contribution is -2.45. The van der Waals surface area contributed by atoms with E-state index < -0.39 is 46.5 Å². The lowest BCUT2D eigenvalue weighted by atomic mass is 10.00. The summed E-state index contributed by atoms with van der Waals surface area (Å²) in [5, 5.41) is 2.61. The van der Waals surface area contributed by atoms with Crippen molar-refractivity contribution in [2.24, 2.45) is 17.1 Å². The number of amides is 3. The third-order valence-corrected chi connectivity index (χ3v) is 7.65. The number of halogens is 3. The molecule has 1 aliphatic carbocycles. The highest BCUT2D eigenvalue weighted by atomic mass is 19.2. The lowest BCUT2D eigenvalue weighted by Gasteiger charge is -2.30. The van der Waals surface area contributed by atoms with Crippen LogP contribution in [0.2, 0.25) is 0 Å². The second-order valence-corrected chi connectivity index (χ2v) is 11.6. The average Bonchev–Trinajstić information content (AvgIpc) is 3.40. The van der Waals surface area contributed by atoms with Gasteiger partial charge >= 0.3 is 6.09 Å². The fourth-order valence-corrected chi connectivity index (χ4v) is 5.54. The molecule has 4 rings (SSSR count). The Morgan fingerprint density at radius 2 is 1.82 bits per heavy atom. The number of hydrogen-bond donors (Lipinski definition) is 2. The number of fused-ring (bicyclic) bond motifs is 1. The molecule has 1 aromatic rings. The zero-order chi connectivity index (χ0) is 28.7. The topological polar surface area (TPSA) is 122 Å². The van der Waals surface area contributed by atoms with Gasteiger partial charge in [0.05, 0.1) is 6.04 Å². The van der Waals surface area contributed by atoms with Gasteiger partial charge < -0.3 is 25.6 Å². The number of primary amides is 1. The molecular formula is C27H33F3N4O5. The highest BCUT2D eigenvalue weighted by Crippen LogP contribution is 2.48. The van der Waals surface area contributed by atoms with Gasteiger partial charge in [-0.15, -0.1) is 0 Å². The number of carbonyl (C=O) groups excluding carboxylic acids is 4. The maximum Gasteiger partial charge on any atom is 0.407 e. The molecule has 3 aliphatic rings. The number of nitrogens with zero attached hydrogens (tertiary/aromatic N) is 2. The SMILES string of the molecule is CC(C)(C)OC(=O)N[C@@H](CC(=C=O)N1CC[C@H]2CN(C(=O)C3(C(N)=O)CC3)C[C@H]21)Cc1cc(F)c(F)cc1F. The molecule has 3 amide bonds. The summed E-state index contributed by atoms with van der Waals surface area (Å²) >= 11 is 0. The summed E-state index contributed by atoms with van der Waals surface area (Å²) in [6.45, 7) is 6.21. The number of rotatable bonds is 8. The predicted octanol–water partition coefficient (Wildman–Crippen LogP) is 2.44. The number of nitrogens with two attached hydrogens (primary N) is 1. The number of ether oxygens (including phenoxy) is 1. The van der Waals surface area contributed by atoms with Gasteiger partial charge in [0.25, 0.3) is 0 Å². The Morgan fingerprint density at radius 3 is 2.41 bits per heavy atom. The van der Waals surface area contributed by atoms with Gasteiger partial charge in [-0.2, -0.15) is 0 Å². The third kappa shape index (κ3) is 6.06. The Bertz CT molecular complexity index is 1220. The van der Waals surface area contributed by atoms with Gasteiger partial charge in [0, 0.05) is 44.1 Å². The molecule has 0 unspecified atom stereocenters. The van der Waals surface area contributed by atoms with E-state index in [1.807, 2.05) is 10.8 Å². The molecule has 9 nitrogen and oxygen atoms in total. The largest absolute Gasteiger partial charge is 0.444 e. The van der Waals surface area contributed by atoms with Crippen LogP contribution in [-0.2, 0) is 25.5 Å².